The van der Waals surface area contributed by atoms with Crippen LogP contribution < -0.4 is 9.80 Å². The van der Waals surface area contributed by atoms with E-state index in [-0.39, 0.29) is 17.3 Å². The van der Waals surface area contributed by atoms with Crippen LogP contribution in [0.15, 0.2) is 4.90 Å². The van der Waals surface area contributed by atoms with Crippen LogP contribution in [0.4, 0.5) is 11.8 Å². The Morgan fingerprint density at radius 3 is 2.73 bits per heavy atom. The Hall–Kier alpha value is -1.09. The zero-order valence-electron chi connectivity index (χ0n) is 15.7. The summed E-state index contributed by atoms with van der Waals surface area (Å²) in [4.78, 5) is 15.6. The number of aliphatic hydroxyl groups excluding tert-OH is 1. The molecular formula is C18H29N4O3S+. The number of aromatic nitrogens is 2. The molecule has 0 amide bonds. The molecule has 0 saturated carbocycles. The van der Waals surface area contributed by atoms with Crippen molar-refractivity contribution in [3.05, 3.63) is 5.69 Å². The maximum Gasteiger partial charge on any atom is 0.254 e. The summed E-state index contributed by atoms with van der Waals surface area (Å²) in [5, 5.41) is 9.68. The van der Waals surface area contributed by atoms with E-state index in [4.69, 9.17) is 18.9 Å². The molecule has 1 unspecified atom stereocenters. The number of hydrogen-bond donors (Lipinski definition) is 1. The van der Waals surface area contributed by atoms with Gasteiger partial charge in [0, 0.05) is 45.3 Å². The number of nitrogens with zero attached hydrogens (tertiary/aromatic N) is 4. The van der Waals surface area contributed by atoms with E-state index in [1.54, 1.807) is 7.11 Å². The van der Waals surface area contributed by atoms with E-state index in [1.165, 1.54) is 4.90 Å². The Morgan fingerprint density at radius 2 is 2.08 bits per heavy atom. The van der Waals surface area contributed by atoms with E-state index >= 15 is 0 Å². The van der Waals surface area contributed by atoms with Crippen LogP contribution in [0.25, 0.3) is 0 Å². The number of β-amino-alcohol motifs (C(OH)–C–C–N with tert-alkyl or cyclic N) is 1. The van der Waals surface area contributed by atoms with Gasteiger partial charge in [-0.25, -0.2) is 4.98 Å². The van der Waals surface area contributed by atoms with Crippen molar-refractivity contribution in [3.8, 4) is 0 Å². The molecule has 1 N–H and O–H groups in total. The maximum absolute atomic E-state index is 9.68. The molecule has 0 aromatic carbocycles. The first-order valence-electron chi connectivity index (χ1n) is 9.65. The summed E-state index contributed by atoms with van der Waals surface area (Å²) in [5.74, 6) is 2.81. The van der Waals surface area contributed by atoms with Gasteiger partial charge in [-0.05, 0) is 19.3 Å². The second-order valence-electron chi connectivity index (χ2n) is 7.19. The molecular weight excluding hydrogens is 352 g/mol. The summed E-state index contributed by atoms with van der Waals surface area (Å²) >= 11 is -0.228. The summed E-state index contributed by atoms with van der Waals surface area (Å²) in [6.45, 7) is 6.09. The lowest BCUT2D eigenvalue weighted by Crippen LogP contribution is -2.52. The molecule has 0 aliphatic carbocycles. The first kappa shape index (κ1) is 18.3. The lowest BCUT2D eigenvalue weighted by molar-refractivity contribution is 0.0841. The maximum atomic E-state index is 9.68. The number of anilines is 2. The van der Waals surface area contributed by atoms with Gasteiger partial charge in [0.05, 0.1) is 13.2 Å². The molecule has 3 aliphatic heterocycles. The number of rotatable bonds is 6. The van der Waals surface area contributed by atoms with Crippen molar-refractivity contribution in [2.24, 2.45) is 0 Å². The van der Waals surface area contributed by atoms with Crippen molar-refractivity contribution in [2.75, 3.05) is 55.5 Å². The minimum atomic E-state index is -0.258. The van der Waals surface area contributed by atoms with Gasteiger partial charge in [0.2, 0.25) is 5.95 Å². The van der Waals surface area contributed by atoms with Crippen LogP contribution in [0.3, 0.4) is 0 Å². The molecule has 2 fully saturated rings. The monoisotopic (exact) mass is 381 g/mol. The van der Waals surface area contributed by atoms with Crippen molar-refractivity contribution in [1.82, 2.24) is 9.97 Å². The highest BCUT2D eigenvalue weighted by Gasteiger charge is 2.43. The van der Waals surface area contributed by atoms with E-state index < -0.39 is 0 Å². The molecule has 4 heterocycles. The predicted octanol–water partition coefficient (Wildman–Crippen LogP) is 1.15. The van der Waals surface area contributed by atoms with Crippen LogP contribution in [0.5, 0.6) is 0 Å². The highest BCUT2D eigenvalue weighted by atomic mass is 32.2. The smallest absolute Gasteiger partial charge is 0.254 e. The minimum absolute atomic E-state index is 0.228. The molecule has 7 nitrogen and oxygen atoms in total. The van der Waals surface area contributed by atoms with Gasteiger partial charge in [-0.3, -0.25) is 0 Å². The quantitative estimate of drug-likeness (QED) is 0.741. The van der Waals surface area contributed by atoms with Crippen LogP contribution in [0, 0.1) is 0 Å². The van der Waals surface area contributed by atoms with Gasteiger partial charge in [-0.1, -0.05) is 6.92 Å². The van der Waals surface area contributed by atoms with Gasteiger partial charge in [-0.2, -0.15) is 9.17 Å². The number of ether oxygens (including phenoxy) is 1. The summed E-state index contributed by atoms with van der Waals surface area (Å²) in [5.41, 5.74) is 1.13. The van der Waals surface area contributed by atoms with Gasteiger partial charge in [-0.15, -0.1) is 0 Å². The van der Waals surface area contributed by atoms with Crippen LogP contribution in [0.1, 0.15) is 31.9 Å². The van der Waals surface area contributed by atoms with Gasteiger partial charge in [0.15, 0.2) is 22.7 Å². The minimum Gasteiger partial charge on any atom is -0.389 e. The molecule has 144 valence electrons. The molecule has 26 heavy (non-hydrogen) atoms. The molecule has 0 radical (unpaired) electrons. The third-order valence-corrected chi connectivity index (χ3v) is 7.22. The van der Waals surface area contributed by atoms with E-state index in [0.29, 0.717) is 19.1 Å². The number of aryl methyl sites for hydroxylation is 1. The number of aliphatic hydroxyl groups is 1. The second kappa shape index (κ2) is 7.88. The zero-order valence-corrected chi connectivity index (χ0v) is 16.5. The van der Waals surface area contributed by atoms with Gasteiger partial charge < -0.3 is 19.6 Å². The van der Waals surface area contributed by atoms with Crippen molar-refractivity contribution < 1.29 is 14.0 Å². The average molecular weight is 382 g/mol. The zero-order chi connectivity index (χ0) is 18.1. The summed E-state index contributed by atoms with van der Waals surface area (Å²) in [6, 6.07) is 0.459. The third kappa shape index (κ3) is 3.40. The molecule has 1 atom stereocenters. The summed E-state index contributed by atoms with van der Waals surface area (Å²) in [6.07, 6.45) is 3.84. The average Bonchev–Trinajstić information content (AvgIpc) is 3.07. The highest BCUT2D eigenvalue weighted by Crippen LogP contribution is 2.38. The molecule has 8 heteroatoms. The van der Waals surface area contributed by atoms with E-state index in [1.807, 2.05) is 0 Å². The molecule has 0 spiro atoms. The Kier molecular flexibility index (Phi) is 5.54. The Morgan fingerprint density at radius 1 is 1.31 bits per heavy atom. The molecule has 3 aliphatic rings. The normalized spacial score (nSPS) is 23.8. The first-order valence-corrected chi connectivity index (χ1v) is 11.0. The third-order valence-electron chi connectivity index (χ3n) is 5.37. The predicted molar refractivity (Wildman–Crippen MR) is 103 cm³/mol. The van der Waals surface area contributed by atoms with Gasteiger partial charge in [0.1, 0.15) is 5.69 Å². The van der Waals surface area contributed by atoms with E-state index in [2.05, 4.69) is 16.7 Å². The van der Waals surface area contributed by atoms with Gasteiger partial charge in [0.25, 0.3) is 4.90 Å². The van der Waals surface area contributed by atoms with E-state index in [0.717, 1.165) is 68.7 Å². The van der Waals surface area contributed by atoms with Crippen LogP contribution in [-0.4, -0.2) is 72.9 Å². The molecule has 2 saturated heterocycles. The van der Waals surface area contributed by atoms with Crippen molar-refractivity contribution >= 4 is 22.9 Å². The first-order chi connectivity index (χ1) is 12.7. The molecule has 1 aromatic rings. The topological polar surface area (TPSA) is 71.0 Å². The lowest BCUT2D eigenvalue weighted by Gasteiger charge is -2.38. The van der Waals surface area contributed by atoms with Crippen molar-refractivity contribution in [2.45, 2.75) is 49.6 Å². The largest absolute Gasteiger partial charge is 0.389 e. The molecule has 1 aromatic heterocycles. The fraction of sp³-hybridized carbons (Fsp3) is 0.778. The van der Waals surface area contributed by atoms with Crippen molar-refractivity contribution in [1.29, 1.82) is 0 Å². The molecule has 0 bridgehead atoms. The lowest BCUT2D eigenvalue weighted by atomic mass is 10.1. The molecule has 4 rings (SSSR count). The SMILES string of the molecule is CCCN(c1nc(N2CC(O)C2)nc2c1[S+](OC)CC2)C1CCOCC1. The fourth-order valence-electron chi connectivity index (χ4n) is 3.99. The van der Waals surface area contributed by atoms with Gasteiger partial charge >= 0.3 is 0 Å². The standard InChI is InChI=1S/C18H29N4O3S/c1-3-7-22(13-4-8-25-9-5-13)17-16-15(6-10-26(16)24-2)19-18(20-17)21-11-14(23)12-21/h13-14,23H,3-12H2,1-2H3/q+1. The van der Waals surface area contributed by atoms with Crippen LogP contribution in [0.2, 0.25) is 0 Å². The number of fused-ring (bicyclic) bond motifs is 1. The highest BCUT2D eigenvalue weighted by molar-refractivity contribution is 7.92. The summed E-state index contributed by atoms with van der Waals surface area (Å²) < 4.78 is 11.4. The van der Waals surface area contributed by atoms with E-state index in [9.17, 15) is 5.11 Å². The Balaban J connectivity index is 1.73. The number of hydrogen-bond acceptors (Lipinski definition) is 7. The summed E-state index contributed by atoms with van der Waals surface area (Å²) in [7, 11) is 1.79. The second-order valence-corrected chi connectivity index (χ2v) is 9.03. The van der Waals surface area contributed by atoms with Crippen LogP contribution in [-0.2, 0) is 26.5 Å². The fourth-order valence-corrected chi connectivity index (χ4v) is 5.68. The van der Waals surface area contributed by atoms with Crippen molar-refractivity contribution in [3.63, 3.8) is 0 Å². The van der Waals surface area contributed by atoms with Crippen LogP contribution >= 0.6 is 0 Å². The Labute approximate surface area is 158 Å². The Bertz CT molecular complexity index is 635.